The summed E-state index contributed by atoms with van der Waals surface area (Å²) < 4.78 is -0.0984. The molecule has 0 saturated heterocycles. The SMILES string of the molecule is CC[N+](CC)(CC)OC(=O)c1cc(C(=O)O[N+](CC)(CC)CC)c(C(=O)NNC(N)=S)cc1C(=O)NNC(N)=S. The molecular weight excluding hydrogens is 560 g/mol. The maximum absolute atomic E-state index is 13.5. The van der Waals surface area contributed by atoms with Gasteiger partial charge in [-0.1, -0.05) is 0 Å². The lowest BCUT2D eigenvalue weighted by molar-refractivity contribution is -1.08. The second kappa shape index (κ2) is 15.3. The summed E-state index contributed by atoms with van der Waals surface area (Å²) >= 11 is 9.46. The highest BCUT2D eigenvalue weighted by atomic mass is 32.1. The lowest BCUT2D eigenvalue weighted by Gasteiger charge is -2.32. The fraction of sp³-hybridized carbons (Fsp3) is 0.500. The first-order valence-electron chi connectivity index (χ1n) is 12.9. The zero-order valence-electron chi connectivity index (χ0n) is 23.7. The Balaban J connectivity index is 3.91. The summed E-state index contributed by atoms with van der Waals surface area (Å²) in [6.45, 7) is 13.8. The number of nitrogens with zero attached hydrogens (tertiary/aromatic N) is 2. The van der Waals surface area contributed by atoms with Crippen LogP contribution in [0.25, 0.3) is 0 Å². The first kappa shape index (κ1) is 34.4. The van der Waals surface area contributed by atoms with Crippen molar-refractivity contribution in [1.82, 2.24) is 21.7 Å². The highest BCUT2D eigenvalue weighted by Gasteiger charge is 2.35. The van der Waals surface area contributed by atoms with Gasteiger partial charge in [0.05, 0.1) is 22.3 Å². The van der Waals surface area contributed by atoms with E-state index in [2.05, 4.69) is 21.7 Å². The molecular formula is C24H40N8O6S2+2. The van der Waals surface area contributed by atoms with Gasteiger partial charge in [0.15, 0.2) is 10.2 Å². The van der Waals surface area contributed by atoms with E-state index in [4.69, 9.17) is 45.6 Å². The maximum atomic E-state index is 13.5. The van der Waals surface area contributed by atoms with E-state index in [-0.39, 0.29) is 41.8 Å². The van der Waals surface area contributed by atoms with E-state index in [1.807, 2.05) is 41.5 Å². The summed E-state index contributed by atoms with van der Waals surface area (Å²) in [5.41, 5.74) is 18.7. The second-order valence-corrected chi connectivity index (χ2v) is 9.48. The molecule has 0 aliphatic heterocycles. The number of hydrogen-bond acceptors (Lipinski definition) is 8. The Kier molecular flexibility index (Phi) is 13.1. The minimum atomic E-state index is -0.893. The topological polar surface area (TPSA) is 187 Å². The molecule has 0 aliphatic rings. The van der Waals surface area contributed by atoms with Crippen LogP contribution in [0.15, 0.2) is 12.1 Å². The minimum Gasteiger partial charge on any atom is -0.375 e. The summed E-state index contributed by atoms with van der Waals surface area (Å²) in [5.74, 6) is -3.54. The molecule has 0 unspecified atom stereocenters. The van der Waals surface area contributed by atoms with Crippen LogP contribution in [0.1, 0.15) is 83.0 Å². The quantitative estimate of drug-likeness (QED) is 0.111. The molecule has 1 rings (SSSR count). The number of nitrogens with two attached hydrogens (primary N) is 2. The van der Waals surface area contributed by atoms with Gasteiger partial charge in [-0.15, -0.1) is 9.29 Å². The molecule has 16 heteroatoms. The number of hydrogen-bond donors (Lipinski definition) is 6. The van der Waals surface area contributed by atoms with E-state index in [1.165, 1.54) is 0 Å². The highest BCUT2D eigenvalue weighted by Crippen LogP contribution is 2.23. The zero-order valence-corrected chi connectivity index (χ0v) is 25.3. The second-order valence-electron chi connectivity index (χ2n) is 8.60. The largest absolute Gasteiger partial charge is 0.398 e. The van der Waals surface area contributed by atoms with Crippen LogP contribution in [0.4, 0.5) is 0 Å². The summed E-state index contributed by atoms with van der Waals surface area (Å²) in [5, 5.41) is -0.495. The normalized spacial score (nSPS) is 11.2. The van der Waals surface area contributed by atoms with Crippen LogP contribution in [-0.2, 0) is 9.68 Å². The van der Waals surface area contributed by atoms with E-state index in [9.17, 15) is 19.2 Å². The van der Waals surface area contributed by atoms with E-state index >= 15 is 0 Å². The molecule has 222 valence electrons. The zero-order chi connectivity index (χ0) is 30.7. The molecule has 0 bridgehead atoms. The van der Waals surface area contributed by atoms with Crippen molar-refractivity contribution in [1.29, 1.82) is 0 Å². The van der Waals surface area contributed by atoms with E-state index < -0.39 is 23.8 Å². The summed E-state index contributed by atoms with van der Waals surface area (Å²) in [4.78, 5) is 64.9. The van der Waals surface area contributed by atoms with Gasteiger partial charge in [0, 0.05) is 0 Å². The molecule has 0 heterocycles. The molecule has 40 heavy (non-hydrogen) atoms. The Morgan fingerprint density at radius 1 is 0.600 bits per heavy atom. The van der Waals surface area contributed by atoms with Crippen molar-refractivity contribution in [2.45, 2.75) is 41.5 Å². The lowest BCUT2D eigenvalue weighted by Crippen LogP contribution is -2.50. The van der Waals surface area contributed by atoms with Crippen molar-refractivity contribution in [3.05, 3.63) is 34.4 Å². The van der Waals surface area contributed by atoms with Crippen molar-refractivity contribution in [3.63, 3.8) is 0 Å². The molecule has 0 radical (unpaired) electrons. The number of carbonyl (C=O) groups is 4. The monoisotopic (exact) mass is 600 g/mol. The number of amides is 2. The van der Waals surface area contributed by atoms with Gasteiger partial charge in [-0.25, -0.2) is 9.59 Å². The van der Waals surface area contributed by atoms with Gasteiger partial charge in [0.25, 0.3) is 11.8 Å². The Morgan fingerprint density at radius 3 is 1.12 bits per heavy atom. The third-order valence-electron chi connectivity index (χ3n) is 6.70. The number of thiocarbonyl (C=S) groups is 2. The molecule has 0 saturated carbocycles. The average Bonchev–Trinajstić information content (AvgIpc) is 2.95. The van der Waals surface area contributed by atoms with Crippen LogP contribution in [0.3, 0.4) is 0 Å². The molecule has 8 N–H and O–H groups in total. The van der Waals surface area contributed by atoms with Crippen LogP contribution in [0.2, 0.25) is 0 Å². The van der Waals surface area contributed by atoms with Gasteiger partial charge in [-0.3, -0.25) is 41.0 Å². The van der Waals surface area contributed by atoms with Crippen LogP contribution in [-0.4, -0.2) is 82.5 Å². The number of quaternary nitrogens is 2. The summed E-state index contributed by atoms with van der Waals surface area (Å²) in [7, 11) is 0. The van der Waals surface area contributed by atoms with E-state index in [1.54, 1.807) is 0 Å². The van der Waals surface area contributed by atoms with E-state index in [0.29, 0.717) is 39.3 Å². The number of carbonyl (C=O) groups excluding carboxylic acids is 4. The summed E-state index contributed by atoms with van der Waals surface area (Å²) in [6.07, 6.45) is 0. The highest BCUT2D eigenvalue weighted by molar-refractivity contribution is 7.80. The molecule has 0 aromatic heterocycles. The third-order valence-corrected chi connectivity index (χ3v) is 6.90. The molecule has 14 nitrogen and oxygen atoms in total. The van der Waals surface area contributed by atoms with Crippen molar-refractivity contribution >= 4 is 58.4 Å². The van der Waals surface area contributed by atoms with Gasteiger partial charge >= 0.3 is 11.9 Å². The van der Waals surface area contributed by atoms with E-state index in [0.717, 1.165) is 12.1 Å². The predicted octanol–water partition coefficient (Wildman–Crippen LogP) is 0.539. The van der Waals surface area contributed by atoms with Gasteiger partial charge < -0.3 is 11.5 Å². The molecule has 1 aromatic rings. The number of hydrazine groups is 2. The Morgan fingerprint density at radius 2 is 0.875 bits per heavy atom. The number of benzene rings is 1. The lowest BCUT2D eigenvalue weighted by atomic mass is 9.97. The molecule has 0 spiro atoms. The molecule has 2 amide bonds. The van der Waals surface area contributed by atoms with Gasteiger partial charge in [0.2, 0.25) is 0 Å². The van der Waals surface area contributed by atoms with Gasteiger partial charge in [0.1, 0.15) is 39.3 Å². The van der Waals surface area contributed by atoms with Crippen molar-refractivity contribution in [2.24, 2.45) is 11.5 Å². The number of hydroxylamine groups is 6. The summed E-state index contributed by atoms with van der Waals surface area (Å²) in [6, 6.07) is 2.17. The minimum absolute atomic E-state index is 0.0492. The Labute approximate surface area is 244 Å². The molecule has 0 aliphatic carbocycles. The smallest absolute Gasteiger partial charge is 0.375 e. The van der Waals surface area contributed by atoms with Crippen LogP contribution in [0, 0.1) is 0 Å². The van der Waals surface area contributed by atoms with Crippen molar-refractivity contribution < 1.29 is 38.1 Å². The predicted molar refractivity (Wildman–Crippen MR) is 156 cm³/mol. The average molecular weight is 601 g/mol. The van der Waals surface area contributed by atoms with Crippen molar-refractivity contribution in [2.75, 3.05) is 39.3 Å². The number of nitrogens with one attached hydrogen (secondary N) is 4. The first-order valence-corrected chi connectivity index (χ1v) is 13.7. The van der Waals surface area contributed by atoms with Crippen LogP contribution < -0.4 is 33.2 Å². The number of rotatable bonds is 12. The van der Waals surface area contributed by atoms with Crippen LogP contribution in [0.5, 0.6) is 0 Å². The Bertz CT molecular complexity index is 1040. The fourth-order valence-corrected chi connectivity index (χ4v) is 3.97. The molecule has 1 aromatic carbocycles. The third kappa shape index (κ3) is 8.70. The van der Waals surface area contributed by atoms with Gasteiger partial charge in [-0.2, -0.15) is 0 Å². The molecule has 0 atom stereocenters. The maximum Gasteiger partial charge on any atom is 0.398 e. The first-order chi connectivity index (χ1) is 18.8. The van der Waals surface area contributed by atoms with Crippen LogP contribution >= 0.6 is 24.4 Å². The standard InChI is InChI=1S/C24H38N8O6S2/c1-7-31(8-2,9-3)37-21(35)17-14-18(22(36)38-32(10-4,11-5)12-6)16(20(34)28-30-24(26)40)13-15(17)19(33)27-29-23(25)39/h13-14H,7-12H2,1-6H3,(H6-2,25,26,27,28,29,30,33,34,35,36,39,40)/p+2. The molecule has 0 fully saturated rings. The van der Waals surface area contributed by atoms with Crippen molar-refractivity contribution in [3.8, 4) is 0 Å². The Hall–Kier alpha value is -3.60. The van der Waals surface area contributed by atoms with Gasteiger partial charge in [-0.05, 0) is 78.1 Å². The fourth-order valence-electron chi connectivity index (χ4n) is 3.86.